The number of benzene rings is 2. The van der Waals surface area contributed by atoms with Crippen molar-refractivity contribution in [1.29, 1.82) is 0 Å². The number of nitrogens with zero attached hydrogens (tertiary/aromatic N) is 2. The Kier molecular flexibility index (Phi) is 6.14. The predicted octanol–water partition coefficient (Wildman–Crippen LogP) is 4.53. The van der Waals surface area contributed by atoms with E-state index in [-0.39, 0.29) is 22.6 Å². The van der Waals surface area contributed by atoms with Crippen LogP contribution in [0, 0.1) is 5.82 Å². The van der Waals surface area contributed by atoms with Gasteiger partial charge in [0.05, 0.1) is 10.8 Å². The maximum atomic E-state index is 13.6. The largest absolute Gasteiger partial charge is 0.342 e. The summed E-state index contributed by atoms with van der Waals surface area (Å²) in [7, 11) is 0. The van der Waals surface area contributed by atoms with E-state index in [2.05, 4.69) is 0 Å². The van der Waals surface area contributed by atoms with Crippen LogP contribution >= 0.6 is 11.8 Å². The van der Waals surface area contributed by atoms with Crippen molar-refractivity contribution in [1.82, 2.24) is 9.80 Å². The maximum absolute atomic E-state index is 13.6. The van der Waals surface area contributed by atoms with Gasteiger partial charge in [-0.05, 0) is 43.0 Å². The Morgan fingerprint density at radius 3 is 2.47 bits per heavy atom. The normalized spacial score (nSPS) is 19.1. The highest BCUT2D eigenvalue weighted by Gasteiger charge is 2.47. The molecule has 4 rings (SSSR count). The van der Waals surface area contributed by atoms with Crippen LogP contribution in [0.3, 0.4) is 0 Å². The third-order valence-corrected chi connectivity index (χ3v) is 7.81. The molecule has 0 aromatic heterocycles. The number of amides is 2. The summed E-state index contributed by atoms with van der Waals surface area (Å²) in [4.78, 5) is 29.9. The smallest absolute Gasteiger partial charge is 0.255 e. The molecule has 2 heterocycles. The minimum Gasteiger partial charge on any atom is -0.342 e. The summed E-state index contributed by atoms with van der Waals surface area (Å²) in [5.74, 6) is 0.408. The molecule has 0 radical (unpaired) electrons. The van der Waals surface area contributed by atoms with Gasteiger partial charge >= 0.3 is 0 Å². The first-order valence-corrected chi connectivity index (χ1v) is 11.6. The lowest BCUT2D eigenvalue weighted by atomic mass is 9.93. The van der Waals surface area contributed by atoms with Crippen molar-refractivity contribution >= 4 is 23.6 Å². The number of rotatable bonds is 4. The van der Waals surface area contributed by atoms with Crippen molar-refractivity contribution in [2.45, 2.75) is 37.0 Å². The molecule has 2 amide bonds. The number of piperidine rings is 1. The Bertz CT molecular complexity index is 912. The maximum Gasteiger partial charge on any atom is 0.255 e. The van der Waals surface area contributed by atoms with E-state index < -0.39 is 5.82 Å². The summed E-state index contributed by atoms with van der Waals surface area (Å²) in [6, 6.07) is 15.9. The van der Waals surface area contributed by atoms with Crippen molar-refractivity contribution in [3.05, 3.63) is 71.5 Å². The molecule has 1 atom stereocenters. The van der Waals surface area contributed by atoms with E-state index in [1.165, 1.54) is 12.1 Å². The van der Waals surface area contributed by atoms with E-state index in [4.69, 9.17) is 0 Å². The topological polar surface area (TPSA) is 40.6 Å². The summed E-state index contributed by atoms with van der Waals surface area (Å²) in [5, 5.41) is 0. The molecule has 2 saturated heterocycles. The van der Waals surface area contributed by atoms with Gasteiger partial charge in [-0.25, -0.2) is 4.39 Å². The zero-order valence-corrected chi connectivity index (χ0v) is 18.0. The van der Waals surface area contributed by atoms with E-state index in [1.807, 2.05) is 47.1 Å². The molecular weight excluding hydrogens is 399 g/mol. The van der Waals surface area contributed by atoms with Gasteiger partial charge in [0.1, 0.15) is 5.82 Å². The van der Waals surface area contributed by atoms with Crippen LogP contribution in [-0.4, -0.2) is 51.9 Å². The number of likely N-dealkylation sites (tertiary alicyclic amines) is 1. The second-order valence-corrected chi connectivity index (χ2v) is 9.42. The Labute approximate surface area is 181 Å². The van der Waals surface area contributed by atoms with Crippen LogP contribution in [0.5, 0.6) is 0 Å². The van der Waals surface area contributed by atoms with Gasteiger partial charge in [-0.1, -0.05) is 43.3 Å². The first-order valence-electron chi connectivity index (χ1n) is 10.6. The monoisotopic (exact) mass is 426 g/mol. The quantitative estimate of drug-likeness (QED) is 0.721. The highest BCUT2D eigenvalue weighted by atomic mass is 32.2. The lowest BCUT2D eigenvalue weighted by Gasteiger charge is -2.44. The van der Waals surface area contributed by atoms with Crippen LogP contribution < -0.4 is 0 Å². The lowest BCUT2D eigenvalue weighted by molar-refractivity contribution is -0.134. The zero-order chi connectivity index (χ0) is 21.1. The summed E-state index contributed by atoms with van der Waals surface area (Å²) in [6.45, 7) is 3.99. The first-order chi connectivity index (χ1) is 14.5. The molecule has 2 aromatic carbocycles. The molecule has 1 unspecified atom stereocenters. The number of hydrogen-bond donors (Lipinski definition) is 0. The molecule has 2 aliphatic heterocycles. The van der Waals surface area contributed by atoms with Crippen molar-refractivity contribution < 1.29 is 14.0 Å². The number of halogens is 1. The molecule has 1 spiro atoms. The second-order valence-electron chi connectivity index (χ2n) is 7.96. The number of carbonyl (C=O) groups is 2. The summed E-state index contributed by atoms with van der Waals surface area (Å²) in [6.07, 6.45) is 2.26. The second kappa shape index (κ2) is 8.80. The predicted molar refractivity (Wildman–Crippen MR) is 118 cm³/mol. The molecule has 0 aliphatic carbocycles. The Balaban J connectivity index is 1.46. The number of carbonyl (C=O) groups excluding carboxylic acids is 2. The molecule has 158 valence electrons. The van der Waals surface area contributed by atoms with E-state index >= 15 is 0 Å². The van der Waals surface area contributed by atoms with Crippen LogP contribution in [0.1, 0.15) is 48.0 Å². The fraction of sp³-hybridized carbons (Fsp3) is 0.417. The molecule has 2 aromatic rings. The molecule has 2 fully saturated rings. The standard InChI is InChI=1S/C24H27FN2O2S/c1-2-21(18-7-4-3-5-8-18)23(29)26-13-11-24(12-14-26)27(15-16-30-24)22(28)19-9-6-10-20(25)17-19/h3-10,17,21H,2,11-16H2,1H3. The zero-order valence-electron chi connectivity index (χ0n) is 17.2. The molecule has 0 saturated carbocycles. The van der Waals surface area contributed by atoms with E-state index in [1.54, 1.807) is 23.9 Å². The lowest BCUT2D eigenvalue weighted by Crippen LogP contribution is -2.54. The van der Waals surface area contributed by atoms with Crippen molar-refractivity contribution in [2.24, 2.45) is 0 Å². The van der Waals surface area contributed by atoms with Gasteiger partial charge in [0.2, 0.25) is 5.91 Å². The number of hydrogen-bond acceptors (Lipinski definition) is 3. The highest BCUT2D eigenvalue weighted by Crippen LogP contribution is 2.45. The van der Waals surface area contributed by atoms with Gasteiger partial charge in [0.25, 0.3) is 5.91 Å². The number of thioether (sulfide) groups is 1. The van der Waals surface area contributed by atoms with Crippen molar-refractivity contribution in [3.8, 4) is 0 Å². The summed E-state index contributed by atoms with van der Waals surface area (Å²) >= 11 is 1.80. The Morgan fingerprint density at radius 1 is 1.07 bits per heavy atom. The Morgan fingerprint density at radius 2 is 1.80 bits per heavy atom. The third-order valence-electron chi connectivity index (χ3n) is 6.26. The first kappa shape index (κ1) is 20.9. The highest BCUT2D eigenvalue weighted by molar-refractivity contribution is 8.00. The Hall–Kier alpha value is -2.34. The SMILES string of the molecule is CCC(C(=O)N1CCC2(CC1)SCCN2C(=O)c1cccc(F)c1)c1ccccc1. The van der Waals surface area contributed by atoms with E-state index in [9.17, 15) is 14.0 Å². The van der Waals surface area contributed by atoms with Gasteiger partial charge in [0, 0.05) is 31.0 Å². The van der Waals surface area contributed by atoms with Gasteiger partial charge in [-0.3, -0.25) is 9.59 Å². The summed E-state index contributed by atoms with van der Waals surface area (Å²) < 4.78 is 13.6. The minimum atomic E-state index is -0.395. The van der Waals surface area contributed by atoms with Crippen LogP contribution in [-0.2, 0) is 4.79 Å². The fourth-order valence-corrected chi connectivity index (χ4v) is 6.08. The molecular formula is C24H27FN2O2S. The average molecular weight is 427 g/mol. The molecule has 0 bridgehead atoms. The van der Waals surface area contributed by atoms with E-state index in [0.29, 0.717) is 25.2 Å². The molecule has 6 heteroatoms. The van der Waals surface area contributed by atoms with Crippen molar-refractivity contribution in [2.75, 3.05) is 25.4 Å². The average Bonchev–Trinajstić information content (AvgIpc) is 3.17. The molecule has 2 aliphatic rings. The fourth-order valence-electron chi connectivity index (χ4n) is 4.62. The van der Waals surface area contributed by atoms with Gasteiger partial charge in [-0.2, -0.15) is 0 Å². The molecule has 0 N–H and O–H groups in total. The van der Waals surface area contributed by atoms with Crippen molar-refractivity contribution in [3.63, 3.8) is 0 Å². The van der Waals surface area contributed by atoms with Gasteiger partial charge in [0.15, 0.2) is 0 Å². The molecule has 30 heavy (non-hydrogen) atoms. The molecule has 4 nitrogen and oxygen atoms in total. The van der Waals surface area contributed by atoms with Crippen LogP contribution in [0.25, 0.3) is 0 Å². The van der Waals surface area contributed by atoms with Crippen LogP contribution in [0.4, 0.5) is 4.39 Å². The summed E-state index contributed by atoms with van der Waals surface area (Å²) in [5.41, 5.74) is 1.45. The van der Waals surface area contributed by atoms with Crippen LogP contribution in [0.15, 0.2) is 54.6 Å². The van der Waals surface area contributed by atoms with Gasteiger partial charge in [-0.15, -0.1) is 11.8 Å². The van der Waals surface area contributed by atoms with E-state index in [0.717, 1.165) is 30.6 Å². The minimum absolute atomic E-state index is 0.116. The van der Waals surface area contributed by atoms with Gasteiger partial charge < -0.3 is 9.80 Å². The third kappa shape index (κ3) is 3.97. The van der Waals surface area contributed by atoms with Crippen LogP contribution in [0.2, 0.25) is 0 Å².